The Bertz CT molecular complexity index is 780. The number of hydrogen-bond acceptors (Lipinski definition) is 4. The molecule has 0 unspecified atom stereocenters. The minimum Gasteiger partial charge on any atom is -0.368 e. The van der Waals surface area contributed by atoms with E-state index in [0.29, 0.717) is 23.7 Å². The van der Waals surface area contributed by atoms with E-state index in [9.17, 15) is 9.59 Å². The number of thiophene rings is 1. The molecule has 26 heavy (non-hydrogen) atoms. The van der Waals surface area contributed by atoms with Gasteiger partial charge in [0.05, 0.1) is 5.56 Å². The van der Waals surface area contributed by atoms with Gasteiger partial charge in [-0.3, -0.25) is 9.59 Å². The van der Waals surface area contributed by atoms with E-state index in [0.717, 1.165) is 35.3 Å². The van der Waals surface area contributed by atoms with Gasteiger partial charge >= 0.3 is 0 Å². The molecule has 1 aromatic carbocycles. The van der Waals surface area contributed by atoms with Gasteiger partial charge in [-0.25, -0.2) is 0 Å². The number of anilines is 1. The van der Waals surface area contributed by atoms with Gasteiger partial charge in [-0.2, -0.15) is 0 Å². The zero-order valence-electron chi connectivity index (χ0n) is 15.1. The average molecular weight is 372 g/mol. The van der Waals surface area contributed by atoms with Crippen molar-refractivity contribution in [1.29, 1.82) is 0 Å². The summed E-state index contributed by atoms with van der Waals surface area (Å²) in [5.41, 5.74) is 2.61. The van der Waals surface area contributed by atoms with Crippen LogP contribution in [0.3, 0.4) is 0 Å². The van der Waals surface area contributed by atoms with Crippen molar-refractivity contribution in [2.75, 3.05) is 11.9 Å². The van der Waals surface area contributed by atoms with Gasteiger partial charge in [0.25, 0.3) is 11.8 Å². The first-order valence-electron chi connectivity index (χ1n) is 8.97. The smallest absolute Gasteiger partial charge is 0.254 e. The summed E-state index contributed by atoms with van der Waals surface area (Å²) in [6.07, 6.45) is 1.95. The minimum atomic E-state index is -0.414. The van der Waals surface area contributed by atoms with Gasteiger partial charge in [-0.05, 0) is 37.3 Å². The Labute approximate surface area is 157 Å². The first-order chi connectivity index (χ1) is 12.6. The second-order valence-electron chi connectivity index (χ2n) is 6.35. The van der Waals surface area contributed by atoms with E-state index in [-0.39, 0.29) is 11.8 Å². The van der Waals surface area contributed by atoms with Gasteiger partial charge < -0.3 is 15.4 Å². The van der Waals surface area contributed by atoms with Crippen molar-refractivity contribution in [1.82, 2.24) is 5.32 Å². The van der Waals surface area contributed by atoms with Crippen LogP contribution in [0.5, 0.6) is 0 Å². The van der Waals surface area contributed by atoms with Crippen LogP contribution in [0.15, 0.2) is 30.3 Å². The Morgan fingerprint density at radius 2 is 2.04 bits per heavy atom. The molecule has 1 saturated heterocycles. The predicted molar refractivity (Wildman–Crippen MR) is 104 cm³/mol. The number of aryl methyl sites for hydroxylation is 1. The molecule has 5 nitrogen and oxygen atoms in total. The maximum absolute atomic E-state index is 12.8. The SMILES string of the molecule is CCc1c(C)sc(NC(=O)[C@@H]2CCCO2)c1C(=O)NCc1ccccc1. The number of hydrogen-bond donors (Lipinski definition) is 2. The second kappa shape index (κ2) is 8.47. The summed E-state index contributed by atoms with van der Waals surface area (Å²) in [5.74, 6) is -0.318. The summed E-state index contributed by atoms with van der Waals surface area (Å²) >= 11 is 1.45. The molecule has 138 valence electrons. The molecule has 2 aromatic rings. The molecule has 2 amide bonds. The first kappa shape index (κ1) is 18.6. The van der Waals surface area contributed by atoms with Crippen molar-refractivity contribution in [3.05, 3.63) is 51.9 Å². The fourth-order valence-electron chi connectivity index (χ4n) is 3.18. The van der Waals surface area contributed by atoms with Crippen molar-refractivity contribution < 1.29 is 14.3 Å². The molecule has 0 radical (unpaired) electrons. The number of benzene rings is 1. The van der Waals surface area contributed by atoms with Crippen LogP contribution in [0.1, 0.15) is 46.1 Å². The molecule has 0 spiro atoms. The Hall–Kier alpha value is -2.18. The first-order valence-corrected chi connectivity index (χ1v) is 9.78. The van der Waals surface area contributed by atoms with E-state index in [1.54, 1.807) is 0 Å². The zero-order valence-corrected chi connectivity index (χ0v) is 15.9. The van der Waals surface area contributed by atoms with Gasteiger partial charge in [0.2, 0.25) is 0 Å². The van der Waals surface area contributed by atoms with E-state index in [2.05, 4.69) is 10.6 Å². The maximum Gasteiger partial charge on any atom is 0.254 e. The van der Waals surface area contributed by atoms with Crippen LogP contribution in [-0.4, -0.2) is 24.5 Å². The highest BCUT2D eigenvalue weighted by atomic mass is 32.1. The summed E-state index contributed by atoms with van der Waals surface area (Å²) in [6.45, 7) is 5.08. The molecule has 3 rings (SSSR count). The van der Waals surface area contributed by atoms with Crippen LogP contribution in [0, 0.1) is 6.92 Å². The molecule has 0 saturated carbocycles. The Kier molecular flexibility index (Phi) is 6.06. The van der Waals surface area contributed by atoms with E-state index in [1.807, 2.05) is 44.2 Å². The lowest BCUT2D eigenvalue weighted by atomic mass is 10.1. The van der Waals surface area contributed by atoms with Crippen LogP contribution < -0.4 is 10.6 Å². The second-order valence-corrected chi connectivity index (χ2v) is 7.58. The maximum atomic E-state index is 12.8. The molecule has 2 heterocycles. The monoisotopic (exact) mass is 372 g/mol. The van der Waals surface area contributed by atoms with Crippen molar-refractivity contribution in [3.63, 3.8) is 0 Å². The zero-order chi connectivity index (χ0) is 18.5. The minimum absolute atomic E-state index is 0.155. The average Bonchev–Trinajstić information content (AvgIpc) is 3.28. The number of carbonyl (C=O) groups is 2. The highest BCUT2D eigenvalue weighted by Gasteiger charge is 2.27. The van der Waals surface area contributed by atoms with Gasteiger partial charge in [0, 0.05) is 18.0 Å². The Morgan fingerprint density at radius 3 is 2.69 bits per heavy atom. The van der Waals surface area contributed by atoms with Gasteiger partial charge in [0.15, 0.2) is 0 Å². The lowest BCUT2D eigenvalue weighted by Crippen LogP contribution is -2.29. The van der Waals surface area contributed by atoms with Gasteiger partial charge in [-0.15, -0.1) is 11.3 Å². The van der Waals surface area contributed by atoms with E-state index in [1.165, 1.54) is 11.3 Å². The Balaban J connectivity index is 1.77. The van der Waals surface area contributed by atoms with Crippen molar-refractivity contribution >= 4 is 28.2 Å². The standard InChI is InChI=1S/C20H24N2O3S/c1-3-15-13(2)26-20(22-18(23)16-10-7-11-25-16)17(15)19(24)21-12-14-8-5-4-6-9-14/h4-6,8-9,16H,3,7,10-12H2,1-2H3,(H,21,24)(H,22,23)/t16-/m0/s1. The van der Waals surface area contributed by atoms with Crippen LogP contribution in [-0.2, 0) is 22.5 Å². The van der Waals surface area contributed by atoms with E-state index >= 15 is 0 Å². The molecule has 1 aliphatic rings. The van der Waals surface area contributed by atoms with Crippen LogP contribution in [0.25, 0.3) is 0 Å². The molecule has 1 fully saturated rings. The third-order valence-corrected chi connectivity index (χ3v) is 5.61. The third-order valence-electron chi connectivity index (χ3n) is 4.54. The number of carbonyl (C=O) groups excluding carboxylic acids is 2. The summed E-state index contributed by atoms with van der Waals surface area (Å²) in [6, 6.07) is 9.78. The van der Waals surface area contributed by atoms with Crippen LogP contribution in [0.4, 0.5) is 5.00 Å². The summed E-state index contributed by atoms with van der Waals surface area (Å²) < 4.78 is 5.45. The molecule has 0 aliphatic carbocycles. The molecule has 6 heteroatoms. The van der Waals surface area contributed by atoms with E-state index < -0.39 is 6.10 Å². The highest BCUT2D eigenvalue weighted by molar-refractivity contribution is 7.16. The predicted octanol–water partition coefficient (Wildman–Crippen LogP) is 3.67. The summed E-state index contributed by atoms with van der Waals surface area (Å²) in [7, 11) is 0. The fourth-order valence-corrected chi connectivity index (χ4v) is 4.32. The van der Waals surface area contributed by atoms with Crippen molar-refractivity contribution in [3.8, 4) is 0 Å². The third kappa shape index (κ3) is 4.14. The molecule has 0 bridgehead atoms. The topological polar surface area (TPSA) is 67.4 Å². The number of rotatable bonds is 6. The largest absolute Gasteiger partial charge is 0.368 e. The van der Waals surface area contributed by atoms with Gasteiger partial charge in [0.1, 0.15) is 11.1 Å². The highest BCUT2D eigenvalue weighted by Crippen LogP contribution is 2.34. The molecule has 2 N–H and O–H groups in total. The van der Waals surface area contributed by atoms with E-state index in [4.69, 9.17) is 4.74 Å². The lowest BCUT2D eigenvalue weighted by Gasteiger charge is -2.12. The number of nitrogens with one attached hydrogen (secondary N) is 2. The lowest BCUT2D eigenvalue weighted by molar-refractivity contribution is -0.124. The number of amides is 2. The van der Waals surface area contributed by atoms with Crippen molar-refractivity contribution in [2.24, 2.45) is 0 Å². The van der Waals surface area contributed by atoms with Gasteiger partial charge in [-0.1, -0.05) is 37.3 Å². The van der Waals surface area contributed by atoms with Crippen molar-refractivity contribution in [2.45, 2.75) is 45.8 Å². The van der Waals surface area contributed by atoms with Crippen LogP contribution >= 0.6 is 11.3 Å². The molecule has 1 aromatic heterocycles. The fraction of sp³-hybridized carbons (Fsp3) is 0.400. The number of ether oxygens (including phenoxy) is 1. The quantitative estimate of drug-likeness (QED) is 0.813. The normalized spacial score (nSPS) is 16.5. The summed E-state index contributed by atoms with van der Waals surface area (Å²) in [5, 5.41) is 6.51. The summed E-state index contributed by atoms with van der Waals surface area (Å²) in [4.78, 5) is 26.3. The Morgan fingerprint density at radius 1 is 1.27 bits per heavy atom. The molecular weight excluding hydrogens is 348 g/mol. The van der Waals surface area contributed by atoms with Crippen LogP contribution in [0.2, 0.25) is 0 Å². The molecular formula is C20H24N2O3S. The molecule has 1 atom stereocenters. The molecule has 1 aliphatic heterocycles.